The van der Waals surface area contributed by atoms with E-state index in [-0.39, 0.29) is 5.91 Å². The molecule has 0 aliphatic heterocycles. The molecule has 2 aromatic carbocycles. The number of hydrogen-bond donors (Lipinski definition) is 1. The Morgan fingerprint density at radius 2 is 1.87 bits per heavy atom. The molecule has 0 fully saturated rings. The molecule has 1 amide bonds. The Hall–Kier alpha value is -2.20. The summed E-state index contributed by atoms with van der Waals surface area (Å²) in [5.74, 6) is 1.39. The minimum absolute atomic E-state index is 0.129. The highest BCUT2D eigenvalue weighted by atomic mass is 35.5. The number of halogens is 1. The minimum atomic E-state index is -0.129. The molecule has 0 bridgehead atoms. The monoisotopic (exact) mass is 333 g/mol. The van der Waals surface area contributed by atoms with Gasteiger partial charge in [-0.15, -0.1) is 0 Å². The van der Waals surface area contributed by atoms with Gasteiger partial charge in [0.2, 0.25) is 0 Å². The maximum Gasteiger partial charge on any atom is 0.251 e. The highest BCUT2D eigenvalue weighted by molar-refractivity contribution is 6.30. The van der Waals surface area contributed by atoms with Gasteiger partial charge in [0.25, 0.3) is 5.91 Å². The van der Waals surface area contributed by atoms with Crippen LogP contribution in [0.15, 0.2) is 42.5 Å². The molecule has 2 rings (SSSR count). The second-order valence-electron chi connectivity index (χ2n) is 4.97. The zero-order valence-corrected chi connectivity index (χ0v) is 14.0. The van der Waals surface area contributed by atoms with E-state index in [2.05, 4.69) is 5.32 Å². The van der Waals surface area contributed by atoms with Crippen LogP contribution in [0.25, 0.3) is 0 Å². The summed E-state index contributed by atoms with van der Waals surface area (Å²) in [4.78, 5) is 12.1. The van der Waals surface area contributed by atoms with Gasteiger partial charge in [0.05, 0.1) is 13.2 Å². The molecule has 0 heterocycles. The molecule has 0 aliphatic carbocycles. The van der Waals surface area contributed by atoms with Crippen molar-refractivity contribution in [3.8, 4) is 11.5 Å². The third-order valence-electron chi connectivity index (χ3n) is 3.21. The fourth-order valence-corrected chi connectivity index (χ4v) is 2.20. The van der Waals surface area contributed by atoms with Crippen LogP contribution in [0.5, 0.6) is 11.5 Å². The Balaban J connectivity index is 1.80. The molecule has 0 radical (unpaired) electrons. The summed E-state index contributed by atoms with van der Waals surface area (Å²) in [6.45, 7) is 5.28. The molecule has 0 atom stereocenters. The number of aryl methyl sites for hydroxylation is 1. The summed E-state index contributed by atoms with van der Waals surface area (Å²) < 4.78 is 11.0. The molecule has 0 aliphatic rings. The van der Waals surface area contributed by atoms with Crippen LogP contribution in [0.1, 0.15) is 22.8 Å². The maximum atomic E-state index is 12.1. The quantitative estimate of drug-likeness (QED) is 0.783. The summed E-state index contributed by atoms with van der Waals surface area (Å²) in [7, 11) is 0. The molecule has 0 spiro atoms. The van der Waals surface area contributed by atoms with Crippen LogP contribution in [-0.4, -0.2) is 25.7 Å². The summed E-state index contributed by atoms with van der Waals surface area (Å²) in [5.41, 5.74) is 1.55. The average molecular weight is 334 g/mol. The third kappa shape index (κ3) is 5.18. The van der Waals surface area contributed by atoms with Crippen molar-refractivity contribution >= 4 is 17.5 Å². The van der Waals surface area contributed by atoms with E-state index in [1.807, 2.05) is 26.0 Å². The lowest BCUT2D eigenvalue weighted by Gasteiger charge is -2.10. The van der Waals surface area contributed by atoms with Crippen molar-refractivity contribution in [2.75, 3.05) is 19.8 Å². The molecule has 122 valence electrons. The Kier molecular flexibility index (Phi) is 6.29. The summed E-state index contributed by atoms with van der Waals surface area (Å²) in [6.07, 6.45) is 0. The van der Waals surface area contributed by atoms with Gasteiger partial charge in [-0.25, -0.2) is 0 Å². The smallest absolute Gasteiger partial charge is 0.251 e. The van der Waals surface area contributed by atoms with Gasteiger partial charge in [-0.3, -0.25) is 4.79 Å². The summed E-state index contributed by atoms with van der Waals surface area (Å²) in [5, 5.41) is 3.49. The predicted molar refractivity (Wildman–Crippen MR) is 91.6 cm³/mol. The zero-order valence-electron chi connectivity index (χ0n) is 13.3. The van der Waals surface area contributed by atoms with Crippen molar-refractivity contribution in [2.24, 2.45) is 0 Å². The Morgan fingerprint density at radius 1 is 1.13 bits per heavy atom. The number of carbonyl (C=O) groups excluding carboxylic acids is 1. The van der Waals surface area contributed by atoms with Crippen LogP contribution in [0.2, 0.25) is 5.02 Å². The summed E-state index contributed by atoms with van der Waals surface area (Å²) >= 11 is 5.80. The van der Waals surface area contributed by atoms with Gasteiger partial charge in [-0.1, -0.05) is 11.6 Å². The molecule has 4 nitrogen and oxygen atoms in total. The van der Waals surface area contributed by atoms with Gasteiger partial charge in [0.15, 0.2) is 0 Å². The molecular weight excluding hydrogens is 314 g/mol. The van der Waals surface area contributed by atoms with E-state index in [9.17, 15) is 4.79 Å². The molecule has 2 aromatic rings. The van der Waals surface area contributed by atoms with Gasteiger partial charge in [-0.2, -0.15) is 0 Å². The predicted octanol–water partition coefficient (Wildman–Crippen LogP) is 3.86. The molecular formula is C18H20ClNO3. The lowest BCUT2D eigenvalue weighted by molar-refractivity contribution is 0.0947. The fourth-order valence-electron chi connectivity index (χ4n) is 2.07. The number of benzene rings is 2. The first kappa shape index (κ1) is 17.2. The highest BCUT2D eigenvalue weighted by Gasteiger charge is 2.08. The molecule has 0 saturated carbocycles. The van der Waals surface area contributed by atoms with Gasteiger partial charge >= 0.3 is 0 Å². The molecule has 1 N–H and O–H groups in total. The van der Waals surface area contributed by atoms with Gasteiger partial charge in [-0.05, 0) is 61.9 Å². The van der Waals surface area contributed by atoms with E-state index >= 15 is 0 Å². The topological polar surface area (TPSA) is 47.6 Å². The lowest BCUT2D eigenvalue weighted by atomic mass is 10.1. The number of rotatable bonds is 7. The Labute approximate surface area is 141 Å². The molecule has 0 unspecified atom stereocenters. The molecule has 0 aromatic heterocycles. The number of carbonyl (C=O) groups is 1. The number of nitrogens with one attached hydrogen (secondary N) is 1. The van der Waals surface area contributed by atoms with E-state index in [0.717, 1.165) is 17.1 Å². The SMILES string of the molecule is CCOc1ccc(C(=O)NCCOc2ccc(Cl)cc2)cc1C. The minimum Gasteiger partial charge on any atom is -0.494 e. The van der Waals surface area contributed by atoms with Crippen molar-refractivity contribution in [1.29, 1.82) is 0 Å². The standard InChI is InChI=1S/C18H20ClNO3/c1-3-22-17-9-4-14(12-13(17)2)18(21)20-10-11-23-16-7-5-15(19)6-8-16/h4-9,12H,3,10-11H2,1-2H3,(H,20,21). The van der Waals surface area contributed by atoms with Crippen LogP contribution in [-0.2, 0) is 0 Å². The maximum absolute atomic E-state index is 12.1. The van der Waals surface area contributed by atoms with Crippen molar-refractivity contribution in [3.05, 3.63) is 58.6 Å². The first-order valence-electron chi connectivity index (χ1n) is 7.50. The van der Waals surface area contributed by atoms with E-state index < -0.39 is 0 Å². The van der Waals surface area contributed by atoms with Crippen LogP contribution >= 0.6 is 11.6 Å². The highest BCUT2D eigenvalue weighted by Crippen LogP contribution is 2.19. The summed E-state index contributed by atoms with van der Waals surface area (Å²) in [6, 6.07) is 12.5. The van der Waals surface area contributed by atoms with Gasteiger partial charge in [0.1, 0.15) is 18.1 Å². The number of hydrogen-bond acceptors (Lipinski definition) is 3. The lowest BCUT2D eigenvalue weighted by Crippen LogP contribution is -2.28. The largest absolute Gasteiger partial charge is 0.494 e. The number of amides is 1. The fraction of sp³-hybridized carbons (Fsp3) is 0.278. The second kappa shape index (κ2) is 8.44. The zero-order chi connectivity index (χ0) is 16.7. The Bertz CT molecular complexity index is 656. The van der Waals surface area contributed by atoms with Crippen LogP contribution < -0.4 is 14.8 Å². The van der Waals surface area contributed by atoms with Crippen molar-refractivity contribution in [1.82, 2.24) is 5.32 Å². The van der Waals surface area contributed by atoms with E-state index in [1.54, 1.807) is 30.3 Å². The van der Waals surface area contributed by atoms with E-state index in [4.69, 9.17) is 21.1 Å². The Morgan fingerprint density at radius 3 is 2.52 bits per heavy atom. The van der Waals surface area contributed by atoms with Crippen molar-refractivity contribution in [3.63, 3.8) is 0 Å². The van der Waals surface area contributed by atoms with Crippen LogP contribution in [0.3, 0.4) is 0 Å². The van der Waals surface area contributed by atoms with Crippen molar-refractivity contribution in [2.45, 2.75) is 13.8 Å². The van der Waals surface area contributed by atoms with Crippen LogP contribution in [0.4, 0.5) is 0 Å². The third-order valence-corrected chi connectivity index (χ3v) is 3.46. The molecule has 0 saturated heterocycles. The second-order valence-corrected chi connectivity index (χ2v) is 5.41. The van der Waals surface area contributed by atoms with Crippen LogP contribution in [0, 0.1) is 6.92 Å². The first-order chi connectivity index (χ1) is 11.1. The van der Waals surface area contributed by atoms with Gasteiger partial charge in [0, 0.05) is 10.6 Å². The van der Waals surface area contributed by atoms with E-state index in [0.29, 0.717) is 30.3 Å². The van der Waals surface area contributed by atoms with Gasteiger partial charge < -0.3 is 14.8 Å². The molecule has 23 heavy (non-hydrogen) atoms. The number of ether oxygens (including phenoxy) is 2. The molecule has 5 heteroatoms. The normalized spacial score (nSPS) is 10.2. The first-order valence-corrected chi connectivity index (χ1v) is 7.88. The van der Waals surface area contributed by atoms with E-state index in [1.165, 1.54) is 0 Å². The average Bonchev–Trinajstić information content (AvgIpc) is 2.55. The van der Waals surface area contributed by atoms with Crippen molar-refractivity contribution < 1.29 is 14.3 Å².